The second-order valence-corrected chi connectivity index (χ2v) is 7.87. The fourth-order valence-electron chi connectivity index (χ4n) is 4.32. The fraction of sp³-hybridized carbons (Fsp3) is 0.455. The molecule has 1 N–H and O–H groups in total. The minimum absolute atomic E-state index is 0.149. The molecule has 2 fully saturated rings. The molecule has 2 aliphatic rings. The molecular weight excluding hydrogens is 393 g/mol. The van der Waals surface area contributed by atoms with Crippen molar-refractivity contribution in [2.24, 2.45) is 0 Å². The van der Waals surface area contributed by atoms with Gasteiger partial charge in [-0.3, -0.25) is 9.69 Å². The van der Waals surface area contributed by atoms with Gasteiger partial charge in [-0.1, -0.05) is 18.9 Å². The van der Waals surface area contributed by atoms with Crippen LogP contribution in [0.25, 0.3) is 0 Å². The normalized spacial score (nSPS) is 18.6. The molecule has 5 nitrogen and oxygen atoms in total. The van der Waals surface area contributed by atoms with Gasteiger partial charge in [0.1, 0.15) is 5.82 Å². The molecule has 8 heteroatoms. The van der Waals surface area contributed by atoms with Gasteiger partial charge in [0.15, 0.2) is 0 Å². The molecular formula is C22H25F3N4O. The molecule has 0 unspecified atom stereocenters. The molecule has 0 spiro atoms. The molecule has 1 aromatic heterocycles. The SMILES string of the molecule is O=C(c1cccnc1Nc1cccc(C(F)(F)F)c1)N1CCN(C2CCCC2)CC1. The van der Waals surface area contributed by atoms with Crippen LogP contribution in [0.1, 0.15) is 41.6 Å². The number of nitrogens with one attached hydrogen (secondary N) is 1. The van der Waals surface area contributed by atoms with Crippen molar-refractivity contribution < 1.29 is 18.0 Å². The lowest BCUT2D eigenvalue weighted by Crippen LogP contribution is -2.51. The van der Waals surface area contributed by atoms with Crippen molar-refractivity contribution in [3.05, 3.63) is 53.7 Å². The molecule has 1 aliphatic heterocycles. The summed E-state index contributed by atoms with van der Waals surface area (Å²) < 4.78 is 39.0. The number of pyridine rings is 1. The number of hydrogen-bond acceptors (Lipinski definition) is 4. The van der Waals surface area contributed by atoms with E-state index in [0.717, 1.165) is 25.2 Å². The second-order valence-electron chi connectivity index (χ2n) is 7.87. The highest BCUT2D eigenvalue weighted by atomic mass is 19.4. The largest absolute Gasteiger partial charge is 0.416 e. The number of anilines is 2. The summed E-state index contributed by atoms with van der Waals surface area (Å²) in [7, 11) is 0. The van der Waals surface area contributed by atoms with E-state index in [0.29, 0.717) is 24.7 Å². The van der Waals surface area contributed by atoms with Gasteiger partial charge in [0.05, 0.1) is 11.1 Å². The Bertz CT molecular complexity index is 888. The number of alkyl halides is 3. The van der Waals surface area contributed by atoms with Crippen molar-refractivity contribution in [2.45, 2.75) is 37.9 Å². The van der Waals surface area contributed by atoms with E-state index in [1.54, 1.807) is 17.0 Å². The van der Waals surface area contributed by atoms with Gasteiger partial charge < -0.3 is 10.2 Å². The van der Waals surface area contributed by atoms with Crippen LogP contribution in [0.3, 0.4) is 0 Å². The highest BCUT2D eigenvalue weighted by Gasteiger charge is 2.31. The zero-order chi connectivity index (χ0) is 21.1. The molecule has 0 bridgehead atoms. The van der Waals surface area contributed by atoms with Crippen LogP contribution >= 0.6 is 0 Å². The topological polar surface area (TPSA) is 48.5 Å². The predicted octanol–water partition coefficient (Wildman–Crippen LogP) is 4.54. The Morgan fingerprint density at radius 3 is 2.47 bits per heavy atom. The van der Waals surface area contributed by atoms with Crippen molar-refractivity contribution in [3.63, 3.8) is 0 Å². The van der Waals surface area contributed by atoms with Crippen LogP contribution in [0.4, 0.5) is 24.7 Å². The van der Waals surface area contributed by atoms with E-state index >= 15 is 0 Å². The first-order chi connectivity index (χ1) is 14.4. The first-order valence-electron chi connectivity index (χ1n) is 10.3. The number of benzene rings is 1. The molecule has 1 aliphatic carbocycles. The minimum Gasteiger partial charge on any atom is -0.340 e. The molecule has 2 heterocycles. The molecule has 160 valence electrons. The Balaban J connectivity index is 1.46. The molecule has 0 atom stereocenters. The number of rotatable bonds is 4. The van der Waals surface area contributed by atoms with Gasteiger partial charge in [0.2, 0.25) is 0 Å². The van der Waals surface area contributed by atoms with E-state index in [1.807, 2.05) is 0 Å². The van der Waals surface area contributed by atoms with Crippen LogP contribution in [-0.2, 0) is 6.18 Å². The number of amides is 1. The highest BCUT2D eigenvalue weighted by molar-refractivity contribution is 5.99. The standard InChI is InChI=1S/C22H25F3N4O/c23-22(24,25)16-5-3-6-17(15-16)27-20-19(9-4-10-26-20)21(30)29-13-11-28(12-14-29)18-7-1-2-8-18/h3-6,9-10,15,18H,1-2,7-8,11-14H2,(H,26,27). The summed E-state index contributed by atoms with van der Waals surface area (Å²) in [4.78, 5) is 21.6. The van der Waals surface area contributed by atoms with E-state index in [-0.39, 0.29) is 17.4 Å². The maximum absolute atomic E-state index is 13.1. The summed E-state index contributed by atoms with van der Waals surface area (Å²) in [6.07, 6.45) is 2.13. The summed E-state index contributed by atoms with van der Waals surface area (Å²) in [5, 5.41) is 2.89. The van der Waals surface area contributed by atoms with E-state index in [9.17, 15) is 18.0 Å². The first kappa shape index (κ1) is 20.7. The minimum atomic E-state index is -4.43. The summed E-state index contributed by atoms with van der Waals surface area (Å²) in [6, 6.07) is 8.85. The maximum atomic E-state index is 13.1. The Labute approximate surface area is 173 Å². The lowest BCUT2D eigenvalue weighted by molar-refractivity contribution is -0.137. The van der Waals surface area contributed by atoms with Gasteiger partial charge in [-0.25, -0.2) is 4.98 Å². The molecule has 30 heavy (non-hydrogen) atoms. The van der Waals surface area contributed by atoms with Crippen LogP contribution in [0.15, 0.2) is 42.6 Å². The molecule has 1 saturated carbocycles. The summed E-state index contributed by atoms with van der Waals surface area (Å²) in [5.41, 5.74) is -0.146. The number of aromatic nitrogens is 1. The molecule has 2 aromatic rings. The fourth-order valence-corrected chi connectivity index (χ4v) is 4.32. The van der Waals surface area contributed by atoms with Gasteiger partial charge in [0.25, 0.3) is 5.91 Å². The van der Waals surface area contributed by atoms with Gasteiger partial charge in [-0.05, 0) is 43.2 Å². The molecule has 1 aromatic carbocycles. The van der Waals surface area contributed by atoms with Crippen LogP contribution < -0.4 is 5.32 Å². The monoisotopic (exact) mass is 418 g/mol. The first-order valence-corrected chi connectivity index (χ1v) is 10.3. The summed E-state index contributed by atoms with van der Waals surface area (Å²) in [6.45, 7) is 3.00. The maximum Gasteiger partial charge on any atom is 0.416 e. The third-order valence-electron chi connectivity index (χ3n) is 5.93. The lowest BCUT2D eigenvalue weighted by atomic mass is 10.1. The van der Waals surface area contributed by atoms with Gasteiger partial charge in [0, 0.05) is 44.1 Å². The van der Waals surface area contributed by atoms with E-state index < -0.39 is 11.7 Å². The number of piperazine rings is 1. The second kappa shape index (κ2) is 8.63. The smallest absolute Gasteiger partial charge is 0.340 e. The number of halogens is 3. The Hall–Kier alpha value is -2.61. The summed E-state index contributed by atoms with van der Waals surface area (Å²) in [5.74, 6) is 0.115. The Kier molecular flexibility index (Phi) is 5.94. The van der Waals surface area contributed by atoms with Gasteiger partial charge in [-0.15, -0.1) is 0 Å². The van der Waals surface area contributed by atoms with Crippen molar-refractivity contribution >= 4 is 17.4 Å². The van der Waals surface area contributed by atoms with Crippen molar-refractivity contribution in [1.29, 1.82) is 0 Å². The molecule has 4 rings (SSSR count). The van der Waals surface area contributed by atoms with Crippen molar-refractivity contribution in [2.75, 3.05) is 31.5 Å². The van der Waals surface area contributed by atoms with Crippen LogP contribution in [0.2, 0.25) is 0 Å². The number of nitrogens with zero attached hydrogens (tertiary/aromatic N) is 3. The van der Waals surface area contributed by atoms with Gasteiger partial charge >= 0.3 is 6.18 Å². The molecule has 0 radical (unpaired) electrons. The van der Waals surface area contributed by atoms with Crippen LogP contribution in [0.5, 0.6) is 0 Å². The average Bonchev–Trinajstić information content (AvgIpc) is 3.28. The number of carbonyl (C=O) groups excluding carboxylic acids is 1. The van der Waals surface area contributed by atoms with Crippen LogP contribution in [-0.4, -0.2) is 52.9 Å². The van der Waals surface area contributed by atoms with E-state index in [1.165, 1.54) is 44.0 Å². The van der Waals surface area contributed by atoms with Crippen molar-refractivity contribution in [1.82, 2.24) is 14.8 Å². The third kappa shape index (κ3) is 4.59. The zero-order valence-corrected chi connectivity index (χ0v) is 16.7. The van der Waals surface area contributed by atoms with Crippen LogP contribution in [0, 0.1) is 0 Å². The molecule has 1 amide bonds. The Morgan fingerprint density at radius 1 is 1.03 bits per heavy atom. The predicted molar refractivity (Wildman–Crippen MR) is 109 cm³/mol. The number of hydrogen-bond donors (Lipinski definition) is 1. The zero-order valence-electron chi connectivity index (χ0n) is 16.7. The Morgan fingerprint density at radius 2 is 1.77 bits per heavy atom. The van der Waals surface area contributed by atoms with Gasteiger partial charge in [-0.2, -0.15) is 13.2 Å². The quantitative estimate of drug-likeness (QED) is 0.792. The number of carbonyl (C=O) groups is 1. The summed E-state index contributed by atoms with van der Waals surface area (Å²) >= 11 is 0. The van der Waals surface area contributed by atoms with Crippen molar-refractivity contribution in [3.8, 4) is 0 Å². The third-order valence-corrected chi connectivity index (χ3v) is 5.93. The highest BCUT2D eigenvalue weighted by Crippen LogP contribution is 2.32. The lowest BCUT2D eigenvalue weighted by Gasteiger charge is -2.38. The molecule has 1 saturated heterocycles. The van der Waals surface area contributed by atoms with E-state index in [4.69, 9.17) is 0 Å². The average molecular weight is 418 g/mol. The van der Waals surface area contributed by atoms with E-state index in [2.05, 4.69) is 15.2 Å².